The zero-order valence-corrected chi connectivity index (χ0v) is 16.9. The maximum absolute atomic E-state index is 12.7. The van der Waals surface area contributed by atoms with Gasteiger partial charge in [0.2, 0.25) is 5.28 Å². The average molecular weight is 391 g/mol. The molecule has 3 fully saturated rings. The third-order valence-electron chi connectivity index (χ3n) is 6.18. The first-order valence-corrected chi connectivity index (χ1v) is 10.3. The van der Waals surface area contributed by atoms with Gasteiger partial charge in [-0.05, 0) is 76.0 Å². The first-order chi connectivity index (χ1) is 13.0. The molecule has 0 saturated heterocycles. The van der Waals surface area contributed by atoms with Gasteiger partial charge in [-0.3, -0.25) is 4.79 Å². The monoisotopic (exact) mass is 390 g/mol. The standard InChI is InChI=1S/C20H27ClN4O2/c1-4-27-19(26)15-12-5-7-13(8-6-12)16(15)22-17-14-9-10-25(11(2)3)18(14)24-20(21)23-17/h9-13,15-16H,4-8H2,1-3H3,(H,22,23,24)/t12?,13?,15-,16-/m0/s1. The van der Waals surface area contributed by atoms with Crippen molar-refractivity contribution in [3.05, 3.63) is 17.5 Å². The van der Waals surface area contributed by atoms with Crippen molar-refractivity contribution in [1.29, 1.82) is 0 Å². The number of carbonyl (C=O) groups is 1. The highest BCUT2D eigenvalue weighted by molar-refractivity contribution is 6.28. The van der Waals surface area contributed by atoms with Gasteiger partial charge in [-0.25, -0.2) is 4.98 Å². The Kier molecular flexibility index (Phi) is 5.01. The van der Waals surface area contributed by atoms with Crippen molar-refractivity contribution in [2.75, 3.05) is 11.9 Å². The summed E-state index contributed by atoms with van der Waals surface area (Å²) in [6.07, 6.45) is 6.52. The van der Waals surface area contributed by atoms with Gasteiger partial charge in [0.15, 0.2) is 0 Å². The van der Waals surface area contributed by atoms with E-state index in [1.165, 1.54) is 0 Å². The van der Waals surface area contributed by atoms with Crippen LogP contribution in [0, 0.1) is 17.8 Å². The highest BCUT2D eigenvalue weighted by atomic mass is 35.5. The summed E-state index contributed by atoms with van der Waals surface area (Å²) in [6.45, 7) is 6.50. The minimum Gasteiger partial charge on any atom is -0.466 e. The number of nitrogens with zero attached hydrogens (tertiary/aromatic N) is 3. The van der Waals surface area contributed by atoms with Gasteiger partial charge in [0, 0.05) is 18.3 Å². The number of carbonyl (C=O) groups excluding carboxylic acids is 1. The number of halogens is 1. The molecule has 6 nitrogen and oxygen atoms in total. The van der Waals surface area contributed by atoms with Gasteiger partial charge in [0.05, 0.1) is 17.9 Å². The summed E-state index contributed by atoms with van der Waals surface area (Å²) in [6, 6.07) is 2.33. The van der Waals surface area contributed by atoms with E-state index >= 15 is 0 Å². The minimum atomic E-state index is -0.117. The summed E-state index contributed by atoms with van der Waals surface area (Å²) >= 11 is 6.24. The number of rotatable bonds is 5. The quantitative estimate of drug-likeness (QED) is 0.603. The number of fused-ring (bicyclic) bond motifs is 4. The molecular formula is C20H27ClN4O2. The fourth-order valence-corrected chi connectivity index (χ4v) is 5.09. The molecule has 0 aromatic carbocycles. The molecule has 3 aliphatic carbocycles. The van der Waals surface area contributed by atoms with E-state index < -0.39 is 0 Å². The van der Waals surface area contributed by atoms with Crippen LogP contribution in [0.25, 0.3) is 11.0 Å². The van der Waals surface area contributed by atoms with Crippen molar-refractivity contribution in [1.82, 2.24) is 14.5 Å². The van der Waals surface area contributed by atoms with Crippen LogP contribution in [0.5, 0.6) is 0 Å². The lowest BCUT2D eigenvalue weighted by molar-refractivity contribution is -0.154. The number of hydrogen-bond acceptors (Lipinski definition) is 5. The van der Waals surface area contributed by atoms with Crippen molar-refractivity contribution >= 4 is 34.4 Å². The topological polar surface area (TPSA) is 69.0 Å². The number of hydrogen-bond donors (Lipinski definition) is 1. The van der Waals surface area contributed by atoms with Gasteiger partial charge >= 0.3 is 5.97 Å². The number of esters is 1. The molecule has 2 aromatic heterocycles. The molecule has 2 heterocycles. The fourth-order valence-electron chi connectivity index (χ4n) is 4.93. The molecule has 0 amide bonds. The Balaban J connectivity index is 1.70. The molecule has 0 radical (unpaired) electrons. The number of aromatic nitrogens is 3. The van der Waals surface area contributed by atoms with Crippen LogP contribution in [0.1, 0.15) is 52.5 Å². The molecule has 2 aromatic rings. The molecule has 1 N–H and O–H groups in total. The molecule has 3 aliphatic rings. The average Bonchev–Trinajstić information content (AvgIpc) is 3.07. The van der Waals surface area contributed by atoms with Crippen molar-refractivity contribution in [2.45, 2.75) is 58.5 Å². The van der Waals surface area contributed by atoms with Crippen LogP contribution in [0.15, 0.2) is 12.3 Å². The Hall–Kier alpha value is -1.82. The second-order valence-corrected chi connectivity index (χ2v) is 8.36. The van der Waals surface area contributed by atoms with E-state index in [1.807, 2.05) is 19.2 Å². The van der Waals surface area contributed by atoms with Crippen molar-refractivity contribution < 1.29 is 9.53 Å². The van der Waals surface area contributed by atoms with Gasteiger partial charge in [-0.1, -0.05) is 0 Å². The molecule has 0 unspecified atom stereocenters. The molecule has 0 spiro atoms. The van der Waals surface area contributed by atoms with Crippen molar-refractivity contribution in [3.63, 3.8) is 0 Å². The summed E-state index contributed by atoms with van der Waals surface area (Å²) in [5.41, 5.74) is 0.821. The van der Waals surface area contributed by atoms with Crippen LogP contribution < -0.4 is 5.32 Å². The molecule has 2 bridgehead atoms. The Morgan fingerprint density at radius 1 is 1.30 bits per heavy atom. The third-order valence-corrected chi connectivity index (χ3v) is 6.35. The van der Waals surface area contributed by atoms with Gasteiger partial charge < -0.3 is 14.6 Å². The van der Waals surface area contributed by atoms with Gasteiger partial charge in [-0.15, -0.1) is 0 Å². The maximum Gasteiger partial charge on any atom is 0.311 e. The zero-order valence-electron chi connectivity index (χ0n) is 16.1. The second kappa shape index (κ2) is 7.30. The van der Waals surface area contributed by atoms with Crippen molar-refractivity contribution in [2.24, 2.45) is 17.8 Å². The highest BCUT2D eigenvalue weighted by Gasteiger charge is 2.48. The zero-order chi connectivity index (χ0) is 19.1. The Morgan fingerprint density at radius 2 is 2.00 bits per heavy atom. The maximum atomic E-state index is 12.7. The van der Waals surface area contributed by atoms with E-state index in [0.29, 0.717) is 18.4 Å². The fraction of sp³-hybridized carbons (Fsp3) is 0.650. The van der Waals surface area contributed by atoms with Crippen LogP contribution >= 0.6 is 11.6 Å². The van der Waals surface area contributed by atoms with E-state index in [-0.39, 0.29) is 29.3 Å². The molecule has 27 heavy (non-hydrogen) atoms. The summed E-state index contributed by atoms with van der Waals surface area (Å²) in [5.74, 6) is 1.37. The molecule has 7 heteroatoms. The molecule has 0 aliphatic heterocycles. The van der Waals surface area contributed by atoms with Gasteiger partial charge in [0.1, 0.15) is 11.5 Å². The van der Waals surface area contributed by atoms with E-state index in [9.17, 15) is 4.79 Å². The SMILES string of the molecule is CCOC(=O)[C@H]1C2CCC(CC2)[C@@H]1Nc1nc(Cl)nc2c1ccn2C(C)C. The van der Waals surface area contributed by atoms with Crippen molar-refractivity contribution in [3.8, 4) is 0 Å². The van der Waals surface area contributed by atoms with E-state index in [2.05, 4.69) is 33.7 Å². The lowest BCUT2D eigenvalue weighted by Crippen LogP contribution is -2.52. The summed E-state index contributed by atoms with van der Waals surface area (Å²) in [5, 5.41) is 4.75. The largest absolute Gasteiger partial charge is 0.466 e. The lowest BCUT2D eigenvalue weighted by atomic mass is 9.61. The molecule has 5 rings (SSSR count). The molecule has 2 atom stereocenters. The first-order valence-electron chi connectivity index (χ1n) is 9.96. The number of ether oxygens (including phenoxy) is 1. The predicted molar refractivity (Wildman–Crippen MR) is 106 cm³/mol. The normalized spacial score (nSPS) is 27.3. The summed E-state index contributed by atoms with van der Waals surface area (Å²) in [4.78, 5) is 21.6. The predicted octanol–water partition coefficient (Wildman–Crippen LogP) is 4.45. The molecular weight excluding hydrogens is 364 g/mol. The Bertz CT molecular complexity index is 842. The van der Waals surface area contributed by atoms with E-state index in [4.69, 9.17) is 16.3 Å². The van der Waals surface area contributed by atoms with Crippen LogP contribution in [-0.2, 0) is 9.53 Å². The first kappa shape index (κ1) is 18.5. The van der Waals surface area contributed by atoms with Gasteiger partial charge in [0.25, 0.3) is 0 Å². The Morgan fingerprint density at radius 3 is 2.67 bits per heavy atom. The second-order valence-electron chi connectivity index (χ2n) is 8.02. The molecule has 3 saturated carbocycles. The molecule has 146 valence electrons. The summed E-state index contributed by atoms with van der Waals surface area (Å²) in [7, 11) is 0. The Labute approximate surface area is 164 Å². The number of nitrogens with one attached hydrogen (secondary N) is 1. The lowest BCUT2D eigenvalue weighted by Gasteiger charge is -2.47. The third kappa shape index (κ3) is 3.28. The minimum absolute atomic E-state index is 0.0353. The summed E-state index contributed by atoms with van der Waals surface area (Å²) < 4.78 is 7.49. The van der Waals surface area contributed by atoms with E-state index in [0.717, 1.165) is 42.5 Å². The van der Waals surface area contributed by atoms with Crippen LogP contribution in [0.2, 0.25) is 5.28 Å². The van der Waals surface area contributed by atoms with Crippen LogP contribution in [-0.4, -0.2) is 33.2 Å². The van der Waals surface area contributed by atoms with Gasteiger partial charge in [-0.2, -0.15) is 4.98 Å². The smallest absolute Gasteiger partial charge is 0.311 e. The van der Waals surface area contributed by atoms with Crippen LogP contribution in [0.4, 0.5) is 5.82 Å². The van der Waals surface area contributed by atoms with Crippen LogP contribution in [0.3, 0.4) is 0 Å². The van der Waals surface area contributed by atoms with E-state index in [1.54, 1.807) is 0 Å². The number of anilines is 1. The highest BCUT2D eigenvalue weighted by Crippen LogP contribution is 2.47.